The highest BCUT2D eigenvalue weighted by Crippen LogP contribution is 2.24. The fourth-order valence-corrected chi connectivity index (χ4v) is 4.37. The van der Waals surface area contributed by atoms with Gasteiger partial charge in [-0.3, -0.25) is 4.90 Å². The Morgan fingerprint density at radius 1 is 0.931 bits per heavy atom. The average Bonchev–Trinajstić information content (AvgIpc) is 2.74. The Hall–Kier alpha value is -2.55. The van der Waals surface area contributed by atoms with Gasteiger partial charge in [0, 0.05) is 50.2 Å². The second-order valence-corrected chi connectivity index (χ2v) is 9.19. The molecular weight excluding hydrogens is 386 g/mol. The molecule has 8 heteroatoms. The molecule has 1 N–H and O–H groups in total. The van der Waals surface area contributed by atoms with Gasteiger partial charge in [-0.05, 0) is 12.1 Å². The zero-order valence-corrected chi connectivity index (χ0v) is 17.3. The molecule has 1 aliphatic heterocycles. The summed E-state index contributed by atoms with van der Waals surface area (Å²) in [5.41, 5.74) is 1.89. The smallest absolute Gasteiger partial charge is 0.211 e. The number of aromatic nitrogens is 2. The Labute approximate surface area is 171 Å². The first-order chi connectivity index (χ1) is 14.0. The molecule has 29 heavy (non-hydrogen) atoms. The number of piperazine rings is 1. The Bertz CT molecular complexity index is 1080. The van der Waals surface area contributed by atoms with E-state index in [4.69, 9.17) is 9.97 Å². The van der Waals surface area contributed by atoms with Gasteiger partial charge >= 0.3 is 0 Å². The van der Waals surface area contributed by atoms with Crippen LogP contribution in [0.3, 0.4) is 0 Å². The first kappa shape index (κ1) is 19.8. The molecule has 4 rings (SSSR count). The largest absolute Gasteiger partial charge is 0.368 e. The summed E-state index contributed by atoms with van der Waals surface area (Å²) in [6, 6.07) is 18.0. The van der Waals surface area contributed by atoms with Crippen LogP contribution in [0.1, 0.15) is 0 Å². The van der Waals surface area contributed by atoms with E-state index in [0.717, 1.165) is 48.5 Å². The fourth-order valence-electron chi connectivity index (χ4n) is 3.54. The van der Waals surface area contributed by atoms with Crippen molar-refractivity contribution in [3.8, 4) is 11.4 Å². The minimum Gasteiger partial charge on any atom is -0.368 e. The van der Waals surface area contributed by atoms with Crippen LogP contribution in [-0.2, 0) is 10.0 Å². The Morgan fingerprint density at radius 3 is 2.34 bits per heavy atom. The first-order valence-corrected chi connectivity index (χ1v) is 11.6. The minimum absolute atomic E-state index is 0.549. The van der Waals surface area contributed by atoms with Crippen molar-refractivity contribution in [1.29, 1.82) is 0 Å². The van der Waals surface area contributed by atoms with E-state index in [2.05, 4.69) is 10.2 Å². The lowest BCUT2D eigenvalue weighted by molar-refractivity contribution is 0.195. The summed E-state index contributed by atoms with van der Waals surface area (Å²) in [6.07, 6.45) is 1.27. The van der Waals surface area contributed by atoms with Gasteiger partial charge in [0.1, 0.15) is 5.82 Å². The van der Waals surface area contributed by atoms with Crippen LogP contribution in [0.15, 0.2) is 54.6 Å². The molecule has 1 fully saturated rings. The zero-order valence-electron chi connectivity index (χ0n) is 16.5. The molecule has 7 nitrogen and oxygen atoms in total. The molecule has 0 spiro atoms. The van der Waals surface area contributed by atoms with Crippen molar-refractivity contribution in [1.82, 2.24) is 19.2 Å². The predicted molar refractivity (Wildman–Crippen MR) is 116 cm³/mol. The number of anilines is 1. The van der Waals surface area contributed by atoms with Crippen molar-refractivity contribution in [2.24, 2.45) is 0 Å². The number of benzene rings is 2. The summed E-state index contributed by atoms with van der Waals surface area (Å²) >= 11 is 0. The van der Waals surface area contributed by atoms with E-state index in [1.807, 2.05) is 54.6 Å². The van der Waals surface area contributed by atoms with Crippen molar-refractivity contribution in [2.75, 3.05) is 50.8 Å². The van der Waals surface area contributed by atoms with Crippen molar-refractivity contribution < 1.29 is 8.42 Å². The third kappa shape index (κ3) is 4.72. The van der Waals surface area contributed by atoms with Crippen LogP contribution in [0.2, 0.25) is 0 Å². The maximum atomic E-state index is 11.6. The molecule has 0 aliphatic carbocycles. The van der Waals surface area contributed by atoms with Gasteiger partial charge in [-0.2, -0.15) is 4.31 Å². The molecule has 2 heterocycles. The second kappa shape index (κ2) is 8.44. The number of rotatable bonds is 6. The highest BCUT2D eigenvalue weighted by atomic mass is 32.2. The summed E-state index contributed by atoms with van der Waals surface area (Å²) < 4.78 is 24.8. The summed E-state index contributed by atoms with van der Waals surface area (Å²) in [5.74, 6) is 1.53. The SMILES string of the molecule is CS(=O)(=O)N1CCN(CCNc2nc(-c3ccccc3)nc3ccccc23)CC1. The summed E-state index contributed by atoms with van der Waals surface area (Å²) in [6.45, 7) is 4.15. The van der Waals surface area contributed by atoms with Gasteiger partial charge in [-0.25, -0.2) is 18.4 Å². The molecule has 3 aromatic rings. The summed E-state index contributed by atoms with van der Waals surface area (Å²) in [4.78, 5) is 11.8. The molecule has 0 bridgehead atoms. The lowest BCUT2D eigenvalue weighted by Crippen LogP contribution is -2.49. The van der Waals surface area contributed by atoms with Gasteiger partial charge in [-0.15, -0.1) is 0 Å². The van der Waals surface area contributed by atoms with E-state index in [1.54, 1.807) is 4.31 Å². The quantitative estimate of drug-likeness (QED) is 0.671. The molecule has 1 aromatic heterocycles. The monoisotopic (exact) mass is 411 g/mol. The maximum Gasteiger partial charge on any atom is 0.211 e. The topological polar surface area (TPSA) is 78.4 Å². The van der Waals surface area contributed by atoms with Crippen molar-refractivity contribution in [3.63, 3.8) is 0 Å². The lowest BCUT2D eigenvalue weighted by atomic mass is 10.2. The van der Waals surface area contributed by atoms with E-state index in [1.165, 1.54) is 6.26 Å². The van der Waals surface area contributed by atoms with Crippen LogP contribution in [0.4, 0.5) is 5.82 Å². The zero-order chi connectivity index (χ0) is 20.3. The number of para-hydroxylation sites is 1. The van der Waals surface area contributed by atoms with Crippen molar-refractivity contribution >= 4 is 26.7 Å². The van der Waals surface area contributed by atoms with Gasteiger partial charge in [0.05, 0.1) is 11.8 Å². The van der Waals surface area contributed by atoms with E-state index >= 15 is 0 Å². The van der Waals surface area contributed by atoms with Gasteiger partial charge in [0.15, 0.2) is 5.82 Å². The third-order valence-electron chi connectivity index (χ3n) is 5.16. The molecule has 2 aromatic carbocycles. The number of hydrogen-bond donors (Lipinski definition) is 1. The fraction of sp³-hybridized carbons (Fsp3) is 0.333. The Balaban J connectivity index is 1.45. The van der Waals surface area contributed by atoms with Crippen LogP contribution in [-0.4, -0.2) is 73.1 Å². The Kier molecular flexibility index (Phi) is 5.75. The minimum atomic E-state index is -3.09. The molecule has 1 aliphatic rings. The van der Waals surface area contributed by atoms with E-state index in [-0.39, 0.29) is 0 Å². The molecule has 0 saturated carbocycles. The summed E-state index contributed by atoms with van der Waals surface area (Å²) in [7, 11) is -3.09. The van der Waals surface area contributed by atoms with Crippen LogP contribution in [0.5, 0.6) is 0 Å². The second-order valence-electron chi connectivity index (χ2n) is 7.21. The highest BCUT2D eigenvalue weighted by Gasteiger charge is 2.22. The number of sulfonamides is 1. The highest BCUT2D eigenvalue weighted by molar-refractivity contribution is 7.88. The van der Waals surface area contributed by atoms with E-state index in [9.17, 15) is 8.42 Å². The van der Waals surface area contributed by atoms with Crippen LogP contribution >= 0.6 is 0 Å². The van der Waals surface area contributed by atoms with Crippen LogP contribution < -0.4 is 5.32 Å². The van der Waals surface area contributed by atoms with Gasteiger partial charge in [0.2, 0.25) is 10.0 Å². The van der Waals surface area contributed by atoms with Gasteiger partial charge < -0.3 is 5.32 Å². The third-order valence-corrected chi connectivity index (χ3v) is 6.46. The molecule has 0 atom stereocenters. The van der Waals surface area contributed by atoms with Gasteiger partial charge in [0.25, 0.3) is 0 Å². The van der Waals surface area contributed by atoms with Crippen molar-refractivity contribution in [2.45, 2.75) is 0 Å². The number of nitrogens with one attached hydrogen (secondary N) is 1. The lowest BCUT2D eigenvalue weighted by Gasteiger charge is -2.33. The average molecular weight is 412 g/mol. The number of fused-ring (bicyclic) bond motifs is 1. The van der Waals surface area contributed by atoms with E-state index < -0.39 is 10.0 Å². The van der Waals surface area contributed by atoms with E-state index in [0.29, 0.717) is 18.9 Å². The standard InChI is InChI=1S/C21H25N5O2S/c1-29(27,28)26-15-13-25(14-16-26)12-11-22-21-18-9-5-6-10-19(18)23-20(24-21)17-7-3-2-4-8-17/h2-10H,11-16H2,1H3,(H,22,23,24). The molecular formula is C21H25N5O2S. The molecule has 1 saturated heterocycles. The molecule has 0 radical (unpaired) electrons. The maximum absolute atomic E-state index is 11.6. The Morgan fingerprint density at radius 2 is 1.62 bits per heavy atom. The molecule has 152 valence electrons. The summed E-state index contributed by atoms with van der Waals surface area (Å²) in [5, 5.41) is 4.46. The van der Waals surface area contributed by atoms with Crippen LogP contribution in [0.25, 0.3) is 22.3 Å². The number of nitrogens with zero attached hydrogens (tertiary/aromatic N) is 4. The van der Waals surface area contributed by atoms with Crippen LogP contribution in [0, 0.1) is 0 Å². The first-order valence-electron chi connectivity index (χ1n) is 9.74. The number of hydrogen-bond acceptors (Lipinski definition) is 6. The van der Waals surface area contributed by atoms with Gasteiger partial charge in [-0.1, -0.05) is 42.5 Å². The van der Waals surface area contributed by atoms with Crippen molar-refractivity contribution in [3.05, 3.63) is 54.6 Å². The molecule has 0 unspecified atom stereocenters. The normalized spacial score (nSPS) is 16.2. The molecule has 0 amide bonds. The predicted octanol–water partition coefficient (Wildman–Crippen LogP) is 2.29.